The molecule has 100 valence electrons. The van der Waals surface area contributed by atoms with Gasteiger partial charge < -0.3 is 4.74 Å². The fourth-order valence-electron chi connectivity index (χ4n) is 1.62. The first kappa shape index (κ1) is 14.6. The predicted octanol–water partition coefficient (Wildman–Crippen LogP) is 5.61. The van der Waals surface area contributed by atoms with E-state index in [2.05, 4.69) is 15.9 Å². The molecule has 2 aromatic rings. The number of rotatable bonds is 4. The van der Waals surface area contributed by atoms with Crippen LogP contribution in [0.25, 0.3) is 0 Å². The second kappa shape index (κ2) is 6.60. The molecule has 0 heterocycles. The lowest BCUT2D eigenvalue weighted by Gasteiger charge is -2.12. The van der Waals surface area contributed by atoms with Crippen molar-refractivity contribution in [3.05, 3.63) is 63.4 Å². The first-order valence-electron chi connectivity index (χ1n) is 5.52. The molecule has 0 fully saturated rings. The second-order valence-corrected chi connectivity index (χ2v) is 5.29. The van der Waals surface area contributed by atoms with E-state index in [0.29, 0.717) is 15.4 Å². The van der Waals surface area contributed by atoms with Crippen molar-refractivity contribution in [2.45, 2.75) is 11.9 Å². The summed E-state index contributed by atoms with van der Waals surface area (Å²) in [6.07, 6.45) is 0. The average molecular weight is 364 g/mol. The van der Waals surface area contributed by atoms with Crippen molar-refractivity contribution in [1.29, 1.82) is 0 Å². The molecule has 0 unspecified atom stereocenters. The largest absolute Gasteiger partial charge is 0.485 e. The quantitative estimate of drug-likeness (QED) is 0.642. The van der Waals surface area contributed by atoms with Gasteiger partial charge in [0.05, 0.1) is 0 Å². The van der Waals surface area contributed by atoms with E-state index < -0.39 is 5.82 Å². The van der Waals surface area contributed by atoms with Crippen molar-refractivity contribution in [3.63, 3.8) is 0 Å². The maximum Gasteiger partial charge on any atom is 0.165 e. The standard InChI is InChI=1S/C14H10BrCl2FO/c15-7-9-2-1-3-13(18)14(9)19-8-10-6-11(16)4-5-12(10)17/h1-6H,7-8H2. The van der Waals surface area contributed by atoms with Crippen molar-refractivity contribution in [2.24, 2.45) is 0 Å². The monoisotopic (exact) mass is 362 g/mol. The lowest BCUT2D eigenvalue weighted by molar-refractivity contribution is 0.288. The summed E-state index contributed by atoms with van der Waals surface area (Å²) in [6, 6.07) is 9.90. The molecule has 0 atom stereocenters. The summed E-state index contributed by atoms with van der Waals surface area (Å²) in [5.41, 5.74) is 1.47. The molecule has 0 saturated carbocycles. The normalized spacial score (nSPS) is 10.5. The van der Waals surface area contributed by atoms with Crippen molar-refractivity contribution < 1.29 is 9.13 Å². The Morgan fingerprint density at radius 1 is 1.11 bits per heavy atom. The molecular weight excluding hydrogens is 354 g/mol. The highest BCUT2D eigenvalue weighted by atomic mass is 79.9. The first-order chi connectivity index (χ1) is 9.11. The van der Waals surface area contributed by atoms with Crippen LogP contribution in [0.3, 0.4) is 0 Å². The molecule has 0 aromatic heterocycles. The molecule has 0 saturated heterocycles. The minimum Gasteiger partial charge on any atom is -0.485 e. The van der Waals surface area contributed by atoms with Gasteiger partial charge in [0.25, 0.3) is 0 Å². The minimum atomic E-state index is -0.393. The molecule has 2 aromatic carbocycles. The van der Waals surface area contributed by atoms with Crippen LogP contribution in [0.5, 0.6) is 5.75 Å². The Labute approximate surface area is 129 Å². The molecule has 0 N–H and O–H groups in total. The Balaban J connectivity index is 2.21. The van der Waals surface area contributed by atoms with Crippen molar-refractivity contribution in [3.8, 4) is 5.75 Å². The van der Waals surface area contributed by atoms with Gasteiger partial charge in [-0.3, -0.25) is 0 Å². The SMILES string of the molecule is Fc1cccc(CBr)c1OCc1cc(Cl)ccc1Cl. The third-order valence-corrected chi connectivity index (χ3v) is 3.78. The van der Waals surface area contributed by atoms with Gasteiger partial charge in [0.1, 0.15) is 6.61 Å². The number of para-hydroxylation sites is 1. The maximum absolute atomic E-state index is 13.7. The van der Waals surface area contributed by atoms with Crippen LogP contribution in [0.15, 0.2) is 36.4 Å². The van der Waals surface area contributed by atoms with E-state index in [1.807, 2.05) is 0 Å². The van der Waals surface area contributed by atoms with E-state index in [9.17, 15) is 4.39 Å². The van der Waals surface area contributed by atoms with Gasteiger partial charge in [-0.2, -0.15) is 0 Å². The maximum atomic E-state index is 13.7. The smallest absolute Gasteiger partial charge is 0.165 e. The van der Waals surface area contributed by atoms with Crippen LogP contribution in [-0.2, 0) is 11.9 Å². The lowest BCUT2D eigenvalue weighted by Crippen LogP contribution is -2.01. The zero-order chi connectivity index (χ0) is 13.8. The highest BCUT2D eigenvalue weighted by molar-refractivity contribution is 9.08. The van der Waals surface area contributed by atoms with Crippen molar-refractivity contribution in [1.82, 2.24) is 0 Å². The topological polar surface area (TPSA) is 9.23 Å². The third kappa shape index (κ3) is 3.62. The summed E-state index contributed by atoms with van der Waals surface area (Å²) < 4.78 is 19.2. The number of hydrogen-bond acceptors (Lipinski definition) is 1. The van der Waals surface area contributed by atoms with Gasteiger partial charge in [0.2, 0.25) is 0 Å². The van der Waals surface area contributed by atoms with Crippen LogP contribution >= 0.6 is 39.1 Å². The predicted molar refractivity (Wildman–Crippen MR) is 79.8 cm³/mol. The van der Waals surface area contributed by atoms with Gasteiger partial charge in [-0.25, -0.2) is 4.39 Å². The van der Waals surface area contributed by atoms with Crippen molar-refractivity contribution in [2.75, 3.05) is 0 Å². The Kier molecular flexibility index (Phi) is 5.08. The van der Waals surface area contributed by atoms with Crippen LogP contribution in [0.4, 0.5) is 4.39 Å². The number of halogens is 4. The van der Waals surface area contributed by atoms with Crippen molar-refractivity contribution >= 4 is 39.1 Å². The average Bonchev–Trinajstić information content (AvgIpc) is 2.40. The van der Waals surface area contributed by atoms with E-state index in [1.54, 1.807) is 30.3 Å². The summed E-state index contributed by atoms with van der Waals surface area (Å²) in [6.45, 7) is 0.167. The molecule has 5 heteroatoms. The van der Waals surface area contributed by atoms with Gasteiger partial charge in [-0.15, -0.1) is 0 Å². The molecule has 0 aliphatic heterocycles. The highest BCUT2D eigenvalue weighted by Gasteiger charge is 2.10. The number of ether oxygens (including phenoxy) is 1. The molecule has 0 aliphatic carbocycles. The van der Waals surface area contributed by atoms with Gasteiger partial charge in [0, 0.05) is 26.5 Å². The summed E-state index contributed by atoms with van der Waals surface area (Å²) >= 11 is 15.2. The molecule has 1 nitrogen and oxygen atoms in total. The highest BCUT2D eigenvalue weighted by Crippen LogP contribution is 2.27. The Morgan fingerprint density at radius 2 is 1.89 bits per heavy atom. The Hall–Kier alpha value is -0.770. The van der Waals surface area contributed by atoms with E-state index in [-0.39, 0.29) is 12.4 Å². The summed E-state index contributed by atoms with van der Waals surface area (Å²) in [5.74, 6) is -0.162. The van der Waals surface area contributed by atoms with Crippen LogP contribution in [0, 0.1) is 5.82 Å². The fraction of sp³-hybridized carbons (Fsp3) is 0.143. The molecular formula is C14H10BrCl2FO. The zero-order valence-corrected chi connectivity index (χ0v) is 12.9. The fourth-order valence-corrected chi connectivity index (χ4v) is 2.43. The van der Waals surface area contributed by atoms with Gasteiger partial charge in [0.15, 0.2) is 11.6 Å². The summed E-state index contributed by atoms with van der Waals surface area (Å²) in [7, 11) is 0. The molecule has 19 heavy (non-hydrogen) atoms. The minimum absolute atomic E-state index is 0.167. The number of hydrogen-bond donors (Lipinski definition) is 0. The number of benzene rings is 2. The molecule has 0 bridgehead atoms. The molecule has 0 spiro atoms. The van der Waals surface area contributed by atoms with E-state index in [0.717, 1.165) is 11.1 Å². The summed E-state index contributed by atoms with van der Waals surface area (Å²) in [5, 5.41) is 1.63. The molecule has 0 radical (unpaired) electrons. The van der Waals surface area contributed by atoms with Crippen LogP contribution in [-0.4, -0.2) is 0 Å². The Bertz CT molecular complexity index is 590. The molecule has 0 amide bonds. The van der Waals surface area contributed by atoms with Gasteiger partial charge in [-0.05, 0) is 24.3 Å². The van der Waals surface area contributed by atoms with Crippen LogP contribution in [0.1, 0.15) is 11.1 Å². The summed E-state index contributed by atoms with van der Waals surface area (Å²) in [4.78, 5) is 0. The van der Waals surface area contributed by atoms with Gasteiger partial charge >= 0.3 is 0 Å². The van der Waals surface area contributed by atoms with Crippen LogP contribution in [0.2, 0.25) is 10.0 Å². The lowest BCUT2D eigenvalue weighted by atomic mass is 10.2. The first-order valence-corrected chi connectivity index (χ1v) is 7.39. The van der Waals surface area contributed by atoms with E-state index in [1.165, 1.54) is 6.07 Å². The Morgan fingerprint density at radius 3 is 2.63 bits per heavy atom. The molecule has 2 rings (SSSR count). The van der Waals surface area contributed by atoms with E-state index in [4.69, 9.17) is 27.9 Å². The second-order valence-electron chi connectivity index (χ2n) is 3.89. The zero-order valence-electron chi connectivity index (χ0n) is 9.80. The third-order valence-electron chi connectivity index (χ3n) is 2.57. The number of alkyl halides is 1. The van der Waals surface area contributed by atoms with Crippen LogP contribution < -0.4 is 4.74 Å². The molecule has 0 aliphatic rings. The van der Waals surface area contributed by atoms with E-state index >= 15 is 0 Å². The van der Waals surface area contributed by atoms with Gasteiger partial charge in [-0.1, -0.05) is 51.3 Å².